The summed E-state index contributed by atoms with van der Waals surface area (Å²) in [5.41, 5.74) is 6.35. The van der Waals surface area contributed by atoms with Crippen molar-refractivity contribution in [1.29, 1.82) is 0 Å². The maximum absolute atomic E-state index is 12.6. The molecule has 2 heterocycles. The van der Waals surface area contributed by atoms with Crippen LogP contribution < -0.4 is 5.73 Å². The lowest BCUT2D eigenvalue weighted by Crippen LogP contribution is -2.41. The van der Waals surface area contributed by atoms with Gasteiger partial charge < -0.3 is 5.73 Å². The quantitative estimate of drug-likeness (QED) is 0.909. The number of nitrogen functional groups attached to an aromatic ring is 1. The molecule has 0 bridgehead atoms. The number of aromatic nitrogens is 1. The van der Waals surface area contributed by atoms with E-state index in [0.29, 0.717) is 34.0 Å². The van der Waals surface area contributed by atoms with Gasteiger partial charge in [-0.15, -0.1) is 0 Å². The fourth-order valence-electron chi connectivity index (χ4n) is 2.72. The molecule has 0 aromatic carbocycles. The second-order valence-corrected chi connectivity index (χ2v) is 9.63. The zero-order valence-corrected chi connectivity index (χ0v) is 14.1. The number of hydrogen-bond donors (Lipinski definition) is 1. The predicted octanol–water partition coefficient (Wildman–Crippen LogP) is 2.48. The van der Waals surface area contributed by atoms with Gasteiger partial charge in [0, 0.05) is 13.1 Å². The van der Waals surface area contributed by atoms with E-state index in [1.165, 1.54) is 0 Å². The van der Waals surface area contributed by atoms with E-state index in [1.807, 2.05) is 0 Å². The van der Waals surface area contributed by atoms with Crippen molar-refractivity contribution in [3.8, 4) is 0 Å². The molecule has 2 rings (SSSR count). The average molecular weight is 317 g/mol. The highest BCUT2D eigenvalue weighted by atomic mass is 32.2. The van der Waals surface area contributed by atoms with E-state index in [-0.39, 0.29) is 5.41 Å². The van der Waals surface area contributed by atoms with Crippen LogP contribution >= 0.6 is 11.3 Å². The van der Waals surface area contributed by atoms with Gasteiger partial charge >= 0.3 is 0 Å². The first-order chi connectivity index (χ1) is 9.12. The molecule has 0 unspecified atom stereocenters. The van der Waals surface area contributed by atoms with E-state index in [2.05, 4.69) is 25.8 Å². The molecule has 0 spiro atoms. The van der Waals surface area contributed by atoms with E-state index in [4.69, 9.17) is 5.73 Å². The molecular weight excluding hydrogens is 294 g/mol. The molecule has 1 saturated heterocycles. The smallest absolute Gasteiger partial charge is 0.254 e. The molecule has 5 nitrogen and oxygen atoms in total. The lowest BCUT2D eigenvalue weighted by atomic mass is 9.76. The standard InChI is InChI=1S/C13H23N3O2S2/c1-9-11(19-12(14)15-9)20(17,18)16-7-5-10(6-8-16)13(2,3)4/h10H,5-8H2,1-4H3,(H2,14,15). The van der Waals surface area contributed by atoms with Crippen LogP contribution in [0.25, 0.3) is 0 Å². The van der Waals surface area contributed by atoms with Crippen LogP contribution in [0.5, 0.6) is 0 Å². The molecule has 2 N–H and O–H groups in total. The summed E-state index contributed by atoms with van der Waals surface area (Å²) in [6, 6.07) is 0. The van der Waals surface area contributed by atoms with Gasteiger partial charge in [0.25, 0.3) is 10.0 Å². The minimum atomic E-state index is -3.43. The molecule has 1 aliphatic heterocycles. The van der Waals surface area contributed by atoms with E-state index in [9.17, 15) is 8.42 Å². The predicted molar refractivity (Wildman–Crippen MR) is 82.2 cm³/mol. The fourth-order valence-corrected chi connectivity index (χ4v) is 5.63. The number of nitrogens with zero attached hydrogens (tertiary/aromatic N) is 2. The third kappa shape index (κ3) is 2.99. The maximum Gasteiger partial charge on any atom is 0.254 e. The number of nitrogens with two attached hydrogens (primary N) is 1. The Balaban J connectivity index is 2.16. The van der Waals surface area contributed by atoms with Crippen molar-refractivity contribution in [3.63, 3.8) is 0 Å². The van der Waals surface area contributed by atoms with Crippen LogP contribution in [0.1, 0.15) is 39.3 Å². The van der Waals surface area contributed by atoms with Gasteiger partial charge in [0.2, 0.25) is 0 Å². The number of aryl methyl sites for hydroxylation is 1. The maximum atomic E-state index is 12.6. The van der Waals surface area contributed by atoms with Gasteiger partial charge in [0.15, 0.2) is 9.34 Å². The van der Waals surface area contributed by atoms with E-state index in [0.717, 1.165) is 24.2 Å². The molecule has 7 heteroatoms. The number of sulfonamides is 1. The van der Waals surface area contributed by atoms with Crippen LogP contribution in [0.4, 0.5) is 5.13 Å². The zero-order valence-electron chi connectivity index (χ0n) is 12.5. The molecule has 0 radical (unpaired) electrons. The van der Waals surface area contributed by atoms with Gasteiger partial charge in [-0.05, 0) is 31.1 Å². The summed E-state index contributed by atoms with van der Waals surface area (Å²) in [6.45, 7) is 9.52. The Labute approximate surface area is 125 Å². The Morgan fingerprint density at radius 1 is 1.30 bits per heavy atom. The van der Waals surface area contributed by atoms with E-state index in [1.54, 1.807) is 11.2 Å². The first-order valence-corrected chi connectivity index (χ1v) is 9.11. The molecule has 0 atom stereocenters. The SMILES string of the molecule is Cc1nc(N)sc1S(=O)(=O)N1CCC(C(C)(C)C)CC1. The molecule has 20 heavy (non-hydrogen) atoms. The largest absolute Gasteiger partial charge is 0.375 e. The average Bonchev–Trinajstić information content (AvgIpc) is 2.68. The molecule has 1 aliphatic rings. The van der Waals surface area contributed by atoms with Crippen LogP contribution in [0, 0.1) is 18.3 Å². The molecule has 1 aromatic rings. The van der Waals surface area contributed by atoms with Crippen molar-refractivity contribution in [2.75, 3.05) is 18.8 Å². The van der Waals surface area contributed by atoms with Crippen LogP contribution in [0.3, 0.4) is 0 Å². The number of anilines is 1. The van der Waals surface area contributed by atoms with E-state index >= 15 is 0 Å². The Morgan fingerprint density at radius 2 is 1.85 bits per heavy atom. The Morgan fingerprint density at radius 3 is 2.25 bits per heavy atom. The van der Waals surface area contributed by atoms with Gasteiger partial charge in [-0.3, -0.25) is 0 Å². The molecule has 1 fully saturated rings. The van der Waals surface area contributed by atoms with Crippen molar-refractivity contribution in [1.82, 2.24) is 9.29 Å². The Hall–Kier alpha value is -0.660. The third-order valence-corrected chi connectivity index (χ3v) is 7.50. The summed E-state index contributed by atoms with van der Waals surface area (Å²) < 4.78 is 27.1. The lowest BCUT2D eigenvalue weighted by molar-refractivity contribution is 0.154. The second-order valence-electron chi connectivity index (χ2n) is 6.47. The van der Waals surface area contributed by atoms with Crippen molar-refractivity contribution >= 4 is 26.5 Å². The van der Waals surface area contributed by atoms with Crippen molar-refractivity contribution in [2.24, 2.45) is 11.3 Å². The fraction of sp³-hybridized carbons (Fsp3) is 0.769. The molecule has 1 aromatic heterocycles. The van der Waals surface area contributed by atoms with Gasteiger partial charge in [-0.2, -0.15) is 4.31 Å². The third-order valence-electron chi connectivity index (χ3n) is 4.02. The molecule has 0 saturated carbocycles. The number of rotatable bonds is 2. The summed E-state index contributed by atoms with van der Waals surface area (Å²) in [4.78, 5) is 4.02. The van der Waals surface area contributed by atoms with Crippen molar-refractivity contribution in [3.05, 3.63) is 5.69 Å². The van der Waals surface area contributed by atoms with E-state index < -0.39 is 10.0 Å². The summed E-state index contributed by atoms with van der Waals surface area (Å²) in [6.07, 6.45) is 1.83. The summed E-state index contributed by atoms with van der Waals surface area (Å²) >= 11 is 1.06. The topological polar surface area (TPSA) is 76.3 Å². The lowest BCUT2D eigenvalue weighted by Gasteiger charge is -2.38. The van der Waals surface area contributed by atoms with Crippen molar-refractivity contribution < 1.29 is 8.42 Å². The second kappa shape index (κ2) is 5.27. The Kier molecular flexibility index (Phi) is 4.15. The van der Waals surface area contributed by atoms with Gasteiger partial charge in [-0.1, -0.05) is 32.1 Å². The molecule has 0 amide bonds. The van der Waals surface area contributed by atoms with Gasteiger partial charge in [-0.25, -0.2) is 13.4 Å². The highest BCUT2D eigenvalue weighted by Gasteiger charge is 2.35. The van der Waals surface area contributed by atoms with Crippen LogP contribution in [-0.2, 0) is 10.0 Å². The van der Waals surface area contributed by atoms with Gasteiger partial charge in [0.1, 0.15) is 0 Å². The minimum absolute atomic E-state index is 0.237. The molecule has 114 valence electrons. The van der Waals surface area contributed by atoms with Crippen LogP contribution in [0.2, 0.25) is 0 Å². The number of hydrogen-bond acceptors (Lipinski definition) is 5. The normalized spacial score (nSPS) is 19.4. The monoisotopic (exact) mass is 317 g/mol. The van der Waals surface area contributed by atoms with Crippen LogP contribution in [0.15, 0.2) is 4.21 Å². The minimum Gasteiger partial charge on any atom is -0.375 e. The number of piperidine rings is 1. The zero-order chi connectivity index (χ0) is 15.1. The molecular formula is C13H23N3O2S2. The molecule has 0 aliphatic carbocycles. The summed E-state index contributed by atoms with van der Waals surface area (Å²) in [7, 11) is -3.43. The first-order valence-electron chi connectivity index (χ1n) is 6.85. The number of thiazole rings is 1. The van der Waals surface area contributed by atoms with Crippen molar-refractivity contribution in [2.45, 2.75) is 44.7 Å². The highest BCUT2D eigenvalue weighted by molar-refractivity contribution is 7.91. The highest BCUT2D eigenvalue weighted by Crippen LogP contribution is 2.37. The first kappa shape index (κ1) is 15.7. The summed E-state index contributed by atoms with van der Waals surface area (Å²) in [5.74, 6) is 0.571. The van der Waals surface area contributed by atoms with Gasteiger partial charge in [0.05, 0.1) is 5.69 Å². The summed E-state index contributed by atoms with van der Waals surface area (Å²) in [5, 5.41) is 0.311. The van der Waals surface area contributed by atoms with Crippen LogP contribution in [-0.4, -0.2) is 30.8 Å². The Bertz CT molecular complexity index is 579.